The maximum absolute atomic E-state index is 13.0. The van der Waals surface area contributed by atoms with Gasteiger partial charge in [0.05, 0.1) is 6.61 Å². The molecule has 3 aliphatic rings. The van der Waals surface area contributed by atoms with Gasteiger partial charge in [0.1, 0.15) is 24.4 Å². The zero-order chi connectivity index (χ0) is 21.6. The van der Waals surface area contributed by atoms with Crippen molar-refractivity contribution in [2.45, 2.75) is 76.5 Å². The average molecular weight is 443 g/mol. The lowest BCUT2D eigenvalue weighted by atomic mass is 9.99. The van der Waals surface area contributed by atoms with E-state index in [1.807, 2.05) is 58.0 Å². The molecule has 0 aliphatic carbocycles. The minimum atomic E-state index is -3.55. The van der Waals surface area contributed by atoms with Gasteiger partial charge in [0.25, 0.3) is 0 Å². The van der Waals surface area contributed by atoms with Gasteiger partial charge in [-0.05, 0) is 33.3 Å². The van der Waals surface area contributed by atoms with E-state index in [1.165, 1.54) is 7.11 Å². The van der Waals surface area contributed by atoms with Crippen LogP contribution in [0.2, 0.25) is 0 Å². The Morgan fingerprint density at radius 1 is 0.967 bits per heavy atom. The van der Waals surface area contributed by atoms with Gasteiger partial charge in [0.2, 0.25) is 0 Å². The summed E-state index contributed by atoms with van der Waals surface area (Å²) in [6.07, 6.45) is -2.48. The summed E-state index contributed by atoms with van der Waals surface area (Å²) in [4.78, 5) is 0. The van der Waals surface area contributed by atoms with Gasteiger partial charge >= 0.3 is 7.75 Å². The first-order valence-electron chi connectivity index (χ1n) is 10.1. The summed E-state index contributed by atoms with van der Waals surface area (Å²) in [6, 6.07) is 9.58. The highest BCUT2D eigenvalue weighted by atomic mass is 31.2. The molecule has 3 heterocycles. The third-order valence-electron chi connectivity index (χ3n) is 5.22. The molecule has 30 heavy (non-hydrogen) atoms. The van der Waals surface area contributed by atoms with E-state index in [-0.39, 0.29) is 6.61 Å². The molecule has 1 N–H and O–H groups in total. The maximum Gasteiger partial charge on any atom is 0.405 e. The zero-order valence-corrected chi connectivity index (χ0v) is 18.8. The summed E-state index contributed by atoms with van der Waals surface area (Å²) in [7, 11) is -2.21. The van der Waals surface area contributed by atoms with Crippen LogP contribution in [0, 0.1) is 0 Å². The molecular formula is C20H30NO8P. The third-order valence-corrected chi connectivity index (χ3v) is 6.73. The normalized spacial score (nSPS) is 36.1. The molecule has 3 aliphatic heterocycles. The van der Waals surface area contributed by atoms with E-state index in [1.54, 1.807) is 0 Å². The molecule has 0 amide bonds. The molecule has 3 saturated heterocycles. The Morgan fingerprint density at radius 2 is 1.60 bits per heavy atom. The topological polar surface area (TPSA) is 93.7 Å². The van der Waals surface area contributed by atoms with E-state index in [0.29, 0.717) is 6.54 Å². The highest BCUT2D eigenvalue weighted by Gasteiger charge is 2.60. The number of rotatable bonds is 7. The molecule has 6 atom stereocenters. The van der Waals surface area contributed by atoms with Crippen LogP contribution in [-0.2, 0) is 43.8 Å². The van der Waals surface area contributed by atoms with Crippen LogP contribution in [0.3, 0.4) is 0 Å². The molecule has 3 fully saturated rings. The van der Waals surface area contributed by atoms with Crippen molar-refractivity contribution in [3.63, 3.8) is 0 Å². The van der Waals surface area contributed by atoms with E-state index >= 15 is 0 Å². The van der Waals surface area contributed by atoms with Gasteiger partial charge < -0.3 is 28.2 Å². The maximum atomic E-state index is 13.0. The predicted octanol–water partition coefficient (Wildman–Crippen LogP) is 2.94. The Bertz CT molecular complexity index is 788. The van der Waals surface area contributed by atoms with Crippen molar-refractivity contribution in [3.05, 3.63) is 35.9 Å². The fourth-order valence-electron chi connectivity index (χ4n) is 3.95. The number of fused-ring (bicyclic) bond motifs is 3. The van der Waals surface area contributed by atoms with Crippen LogP contribution in [0.25, 0.3) is 0 Å². The van der Waals surface area contributed by atoms with Gasteiger partial charge in [-0.2, -0.15) is 0 Å². The monoisotopic (exact) mass is 443 g/mol. The first kappa shape index (κ1) is 22.3. The first-order valence-corrected chi connectivity index (χ1v) is 11.6. The Morgan fingerprint density at radius 3 is 2.30 bits per heavy atom. The minimum Gasteiger partial charge on any atom is -0.342 e. The molecule has 1 unspecified atom stereocenters. The molecule has 0 aromatic heterocycles. The highest BCUT2D eigenvalue weighted by Crippen LogP contribution is 2.47. The number of hydrogen-bond donors (Lipinski definition) is 1. The van der Waals surface area contributed by atoms with Crippen LogP contribution in [-0.4, -0.2) is 56.0 Å². The Kier molecular flexibility index (Phi) is 6.13. The Labute approximate surface area is 176 Å². The number of nitrogens with one attached hydrogen (secondary N) is 1. The van der Waals surface area contributed by atoms with E-state index < -0.39 is 50.0 Å². The van der Waals surface area contributed by atoms with Crippen LogP contribution in [0.1, 0.15) is 33.3 Å². The van der Waals surface area contributed by atoms with Gasteiger partial charge in [-0.15, -0.1) is 0 Å². The fraction of sp³-hybridized carbons (Fsp3) is 0.700. The predicted molar refractivity (Wildman–Crippen MR) is 106 cm³/mol. The van der Waals surface area contributed by atoms with Crippen molar-refractivity contribution in [1.29, 1.82) is 0 Å². The van der Waals surface area contributed by atoms with E-state index in [4.69, 9.17) is 32.7 Å². The van der Waals surface area contributed by atoms with Crippen LogP contribution in [0.5, 0.6) is 0 Å². The molecule has 1 aromatic rings. The van der Waals surface area contributed by atoms with E-state index in [9.17, 15) is 4.57 Å². The smallest absolute Gasteiger partial charge is 0.342 e. The van der Waals surface area contributed by atoms with Gasteiger partial charge in [-0.3, -0.25) is 4.52 Å². The summed E-state index contributed by atoms with van der Waals surface area (Å²) in [5.41, 5.74) is 0.961. The molecular weight excluding hydrogens is 413 g/mol. The SMILES string of the molecule is COP(=O)(NCc1ccccc1)OC[C@H]1O[C@@H]2OC(C)(C)O[C@@H]2[C@H]2OC(C)(C)O[C@H]21. The lowest BCUT2D eigenvalue weighted by molar-refractivity contribution is -0.238. The lowest BCUT2D eigenvalue weighted by Gasteiger charge is -2.37. The highest BCUT2D eigenvalue weighted by molar-refractivity contribution is 7.51. The Balaban J connectivity index is 1.43. The van der Waals surface area contributed by atoms with Crippen molar-refractivity contribution >= 4 is 7.75 Å². The van der Waals surface area contributed by atoms with Crippen LogP contribution < -0.4 is 5.09 Å². The summed E-state index contributed by atoms with van der Waals surface area (Å²) in [6.45, 7) is 7.62. The second-order valence-electron chi connectivity index (χ2n) is 8.50. The fourth-order valence-corrected chi connectivity index (χ4v) is 4.99. The van der Waals surface area contributed by atoms with Gasteiger partial charge in [0, 0.05) is 13.7 Å². The van der Waals surface area contributed by atoms with Crippen molar-refractivity contribution in [2.75, 3.05) is 13.7 Å². The standard InChI is InChI=1S/C20H30NO8P/c1-19(2)26-15-14(25-18-17(16(15)27-19)28-20(3,4)29-18)12-24-30(22,23-5)21-11-13-9-7-6-8-10-13/h6-10,14-18H,11-12H2,1-5H3,(H,21,22)/t14-,15+,16+,17-,18-,30?/m1/s1. The van der Waals surface area contributed by atoms with Crippen molar-refractivity contribution < 1.29 is 37.3 Å². The Hall–Kier alpha value is -0.870. The van der Waals surface area contributed by atoms with Gasteiger partial charge in [-0.25, -0.2) is 9.65 Å². The molecule has 0 bridgehead atoms. The summed E-state index contributed by atoms with van der Waals surface area (Å²) in [5, 5.41) is 2.86. The van der Waals surface area contributed by atoms with Crippen LogP contribution in [0.4, 0.5) is 0 Å². The van der Waals surface area contributed by atoms with Crippen molar-refractivity contribution in [1.82, 2.24) is 5.09 Å². The van der Waals surface area contributed by atoms with E-state index in [2.05, 4.69) is 5.09 Å². The van der Waals surface area contributed by atoms with Crippen LogP contribution >= 0.6 is 7.75 Å². The quantitative estimate of drug-likeness (QED) is 0.639. The van der Waals surface area contributed by atoms with Crippen LogP contribution in [0.15, 0.2) is 30.3 Å². The molecule has 1 aromatic carbocycles. The third kappa shape index (κ3) is 4.80. The zero-order valence-electron chi connectivity index (χ0n) is 17.9. The summed E-state index contributed by atoms with van der Waals surface area (Å²) in [5.74, 6) is -1.61. The second kappa shape index (κ2) is 8.24. The minimum absolute atomic E-state index is 0.0273. The summed E-state index contributed by atoms with van der Waals surface area (Å²) < 4.78 is 53.9. The first-order chi connectivity index (χ1) is 14.1. The molecule has 10 heteroatoms. The average Bonchev–Trinajstić information content (AvgIpc) is 3.19. The molecule has 168 valence electrons. The number of hydrogen-bond acceptors (Lipinski definition) is 8. The van der Waals surface area contributed by atoms with E-state index in [0.717, 1.165) is 5.56 Å². The van der Waals surface area contributed by atoms with Gasteiger partial charge in [-0.1, -0.05) is 30.3 Å². The molecule has 0 radical (unpaired) electrons. The van der Waals surface area contributed by atoms with Crippen molar-refractivity contribution in [3.8, 4) is 0 Å². The van der Waals surface area contributed by atoms with Gasteiger partial charge in [0.15, 0.2) is 17.9 Å². The number of benzene rings is 1. The molecule has 0 spiro atoms. The number of ether oxygens (including phenoxy) is 5. The molecule has 4 rings (SSSR count). The molecule has 0 saturated carbocycles. The summed E-state index contributed by atoms with van der Waals surface area (Å²) >= 11 is 0. The largest absolute Gasteiger partial charge is 0.405 e. The second-order valence-corrected chi connectivity index (χ2v) is 10.4. The van der Waals surface area contributed by atoms with Crippen molar-refractivity contribution in [2.24, 2.45) is 0 Å². The lowest BCUT2D eigenvalue weighted by Crippen LogP contribution is -2.56. The molecule has 9 nitrogen and oxygen atoms in total.